The Hall–Kier alpha value is -4.03. The molecule has 0 aliphatic heterocycles. The van der Waals surface area contributed by atoms with Gasteiger partial charge in [-0.1, -0.05) is 58.7 Å². The number of hydrogen-bond acceptors (Lipinski definition) is 6. The summed E-state index contributed by atoms with van der Waals surface area (Å²) in [6.07, 6.45) is 15.1. The zero-order valence-corrected chi connectivity index (χ0v) is 28.9. The van der Waals surface area contributed by atoms with E-state index in [2.05, 4.69) is 31.7 Å². The zero-order chi connectivity index (χ0) is 34.7. The van der Waals surface area contributed by atoms with Crippen LogP contribution in [-0.4, -0.2) is 31.8 Å². The summed E-state index contributed by atoms with van der Waals surface area (Å²) in [7, 11) is 0. The van der Waals surface area contributed by atoms with E-state index in [4.69, 9.17) is 0 Å². The average Bonchev–Trinajstić information content (AvgIpc) is 3.01. The Morgan fingerprint density at radius 1 is 0.833 bits per heavy atom. The normalized spacial score (nSPS) is 30.4. The molecule has 4 aliphatic carbocycles. The van der Waals surface area contributed by atoms with Crippen LogP contribution < -0.4 is 0 Å². The van der Waals surface area contributed by atoms with Crippen molar-refractivity contribution in [3.05, 3.63) is 105 Å². The molecule has 0 saturated carbocycles. The van der Waals surface area contributed by atoms with Gasteiger partial charge >= 0.3 is 0 Å². The molecule has 0 spiro atoms. The topological polar surface area (TPSA) is 118 Å². The summed E-state index contributed by atoms with van der Waals surface area (Å²) in [6.45, 7) is 12.3. The largest absolute Gasteiger partial charge is 0.508 e. The van der Waals surface area contributed by atoms with E-state index in [1.54, 1.807) is 18.2 Å². The highest BCUT2D eigenvalue weighted by Crippen LogP contribution is 2.52. The molecule has 0 amide bonds. The molecule has 6 heteroatoms. The van der Waals surface area contributed by atoms with Crippen molar-refractivity contribution in [3.63, 3.8) is 0 Å². The lowest BCUT2D eigenvalue weighted by molar-refractivity contribution is -0.123. The van der Waals surface area contributed by atoms with Gasteiger partial charge in [0.05, 0.1) is 0 Å². The number of benzene rings is 2. The van der Waals surface area contributed by atoms with Crippen LogP contribution in [0, 0.1) is 17.3 Å². The van der Waals surface area contributed by atoms with Crippen molar-refractivity contribution in [1.29, 1.82) is 0 Å². The number of fused-ring (bicyclic) bond motifs is 10. The number of carbonyl (C=O) groups excluding carboxylic acids is 1. The molecule has 48 heavy (non-hydrogen) atoms. The Kier molecular flexibility index (Phi) is 10.7. The predicted octanol–water partition coefficient (Wildman–Crippen LogP) is 9.33. The van der Waals surface area contributed by atoms with Crippen LogP contribution in [0.3, 0.4) is 0 Å². The van der Waals surface area contributed by atoms with Gasteiger partial charge in [-0.2, -0.15) is 0 Å². The Morgan fingerprint density at radius 2 is 1.58 bits per heavy atom. The summed E-state index contributed by atoms with van der Waals surface area (Å²) in [4.78, 5) is 13.6. The molecule has 2 aromatic rings. The minimum Gasteiger partial charge on any atom is -0.508 e. The fourth-order valence-electron chi connectivity index (χ4n) is 8.41. The summed E-state index contributed by atoms with van der Waals surface area (Å²) in [6, 6.07) is 6.29. The number of phenolic OH excluding ortho intramolecular Hbond substituents is 4. The Labute approximate surface area is 285 Å². The quantitative estimate of drug-likeness (QED) is 0.125. The van der Waals surface area contributed by atoms with E-state index >= 15 is 0 Å². The van der Waals surface area contributed by atoms with Gasteiger partial charge in [0, 0.05) is 28.0 Å². The summed E-state index contributed by atoms with van der Waals surface area (Å²) in [5.41, 5.74) is 6.74. The van der Waals surface area contributed by atoms with Crippen molar-refractivity contribution < 1.29 is 30.3 Å². The van der Waals surface area contributed by atoms with Gasteiger partial charge in [0.2, 0.25) is 0 Å². The first-order chi connectivity index (χ1) is 22.8. The van der Waals surface area contributed by atoms with Gasteiger partial charge < -0.3 is 30.3 Å². The molecule has 0 aromatic heterocycles. The first-order valence-corrected chi connectivity index (χ1v) is 17.4. The molecule has 256 valence electrons. The molecule has 5 atom stereocenters. The third kappa shape index (κ3) is 7.49. The third-order valence-electron chi connectivity index (χ3n) is 11.1. The highest BCUT2D eigenvalue weighted by Gasteiger charge is 2.47. The van der Waals surface area contributed by atoms with Gasteiger partial charge in [0.1, 0.15) is 35.4 Å². The maximum atomic E-state index is 13.6. The Balaban J connectivity index is 1.64. The van der Waals surface area contributed by atoms with Crippen molar-refractivity contribution in [2.45, 2.75) is 104 Å². The molecule has 2 aromatic carbocycles. The highest BCUT2D eigenvalue weighted by molar-refractivity contribution is 5.63. The number of aromatic hydroxyl groups is 4. The molecule has 0 fully saturated rings. The SMILES string of the molecule is C=C(C)[C@@H]1CC/C(C)=C/CC[C@@]2(C=O)[C@@H](CC3=C[C@H]2C/C(C)=C/[C@H](O)c2cc(O)c(cc2O)C/C(C)=C\CC3)Cc2cc(O)cc1c2O. The third-order valence-corrected chi connectivity index (χ3v) is 11.1. The van der Waals surface area contributed by atoms with Crippen LogP contribution in [0.25, 0.3) is 0 Å². The van der Waals surface area contributed by atoms with E-state index in [1.165, 1.54) is 23.3 Å². The van der Waals surface area contributed by atoms with E-state index in [0.29, 0.717) is 48.8 Å². The molecule has 6 nitrogen and oxygen atoms in total. The Bertz CT molecular complexity index is 1690. The predicted molar refractivity (Wildman–Crippen MR) is 191 cm³/mol. The number of allylic oxidation sites excluding steroid dienone is 8. The van der Waals surface area contributed by atoms with Crippen molar-refractivity contribution in [2.75, 3.05) is 0 Å². The first-order valence-electron chi connectivity index (χ1n) is 17.4. The second kappa shape index (κ2) is 14.6. The Morgan fingerprint density at radius 3 is 2.31 bits per heavy atom. The van der Waals surface area contributed by atoms with E-state index in [0.717, 1.165) is 55.1 Å². The molecule has 5 N–H and O–H groups in total. The molecule has 0 saturated heterocycles. The summed E-state index contributed by atoms with van der Waals surface area (Å²) in [5.74, 6) is -0.166. The number of hydrogen-bond donors (Lipinski definition) is 5. The van der Waals surface area contributed by atoms with Crippen LogP contribution in [0.5, 0.6) is 23.0 Å². The molecule has 6 rings (SSSR count). The van der Waals surface area contributed by atoms with Crippen LogP contribution in [0.1, 0.15) is 113 Å². The van der Waals surface area contributed by atoms with E-state index in [-0.39, 0.29) is 46.3 Å². The number of aldehydes is 1. The maximum absolute atomic E-state index is 13.6. The van der Waals surface area contributed by atoms with E-state index in [1.807, 2.05) is 20.8 Å². The van der Waals surface area contributed by atoms with Crippen LogP contribution in [0.15, 0.2) is 83.0 Å². The average molecular weight is 653 g/mol. The minimum atomic E-state index is -1.14. The zero-order valence-electron chi connectivity index (χ0n) is 28.9. The molecule has 0 unspecified atom stereocenters. The van der Waals surface area contributed by atoms with Crippen molar-refractivity contribution in [2.24, 2.45) is 17.3 Å². The molecule has 0 heterocycles. The van der Waals surface area contributed by atoms with Crippen LogP contribution >= 0.6 is 0 Å². The number of phenols is 4. The van der Waals surface area contributed by atoms with Crippen LogP contribution in [0.2, 0.25) is 0 Å². The summed E-state index contributed by atoms with van der Waals surface area (Å²) in [5, 5.41) is 55.4. The second-order valence-corrected chi connectivity index (χ2v) is 14.8. The highest BCUT2D eigenvalue weighted by atomic mass is 16.3. The van der Waals surface area contributed by atoms with Gasteiger partial charge in [0.15, 0.2) is 0 Å². The number of aliphatic hydroxyl groups is 1. The fourth-order valence-corrected chi connectivity index (χ4v) is 8.41. The van der Waals surface area contributed by atoms with E-state index in [9.17, 15) is 30.3 Å². The smallest absolute Gasteiger partial charge is 0.127 e. The lowest BCUT2D eigenvalue weighted by atomic mass is 9.56. The minimum absolute atomic E-state index is 0.0374. The molecule has 0 radical (unpaired) electrons. The lowest BCUT2D eigenvalue weighted by Gasteiger charge is -2.46. The standard InChI is InChI=1S/C42H52O6/c1-25(2)35-12-11-26(3)9-7-13-42(24-43)32-15-28(5)16-39(46)37-23-38(45)30(21-40(37)47)14-27(4)8-6-10-29(17-32)18-33(42)19-31-20-34(44)22-36(35)41(31)48/h8-9,16-17,20-24,32-33,35,39,44-48H,1,6-7,10-15,18-19H2,2-5H3/b26-9+,27-8-,28-16+/t32-,33+,35+,39+,42+/m1/s1. The first kappa shape index (κ1) is 35.3. The molecular formula is C42H52O6. The number of rotatable bonds is 2. The molecular weight excluding hydrogens is 600 g/mol. The van der Waals surface area contributed by atoms with Gasteiger partial charge in [-0.25, -0.2) is 0 Å². The second-order valence-electron chi connectivity index (χ2n) is 14.8. The van der Waals surface area contributed by atoms with Crippen molar-refractivity contribution in [1.82, 2.24) is 0 Å². The summed E-state index contributed by atoms with van der Waals surface area (Å²) < 4.78 is 0. The fraction of sp³-hybridized carbons (Fsp3) is 0.452. The number of aliphatic hydroxyl groups excluding tert-OH is 1. The lowest BCUT2D eigenvalue weighted by Crippen LogP contribution is -2.43. The van der Waals surface area contributed by atoms with Crippen LogP contribution in [-0.2, 0) is 17.6 Å². The monoisotopic (exact) mass is 652 g/mol. The van der Waals surface area contributed by atoms with Gasteiger partial charge in [-0.3, -0.25) is 0 Å². The van der Waals surface area contributed by atoms with Crippen molar-refractivity contribution in [3.8, 4) is 23.0 Å². The van der Waals surface area contributed by atoms with Gasteiger partial charge in [0.25, 0.3) is 0 Å². The molecule has 4 aliphatic rings. The summed E-state index contributed by atoms with van der Waals surface area (Å²) >= 11 is 0. The maximum Gasteiger partial charge on any atom is 0.127 e. The van der Waals surface area contributed by atoms with Crippen LogP contribution in [0.4, 0.5) is 0 Å². The van der Waals surface area contributed by atoms with Gasteiger partial charge in [-0.15, -0.1) is 0 Å². The van der Waals surface area contributed by atoms with Crippen molar-refractivity contribution >= 4 is 6.29 Å². The van der Waals surface area contributed by atoms with E-state index < -0.39 is 11.5 Å². The molecule has 6 bridgehead atoms. The number of carbonyl (C=O) groups is 1. The van der Waals surface area contributed by atoms with Gasteiger partial charge in [-0.05, 0) is 134 Å².